The summed E-state index contributed by atoms with van der Waals surface area (Å²) in [7, 11) is 1.91. The van der Waals surface area contributed by atoms with E-state index in [-0.39, 0.29) is 28.7 Å². The zero-order valence-corrected chi connectivity index (χ0v) is 12.2. The Kier molecular flexibility index (Phi) is 3.07. The van der Waals surface area contributed by atoms with Crippen LogP contribution in [0.15, 0.2) is 0 Å². The number of Topliss-reactive ketones (excluding diaryl/α,β-unsaturated/α-hetero) is 1. The average molecular weight is 251 g/mol. The minimum atomic E-state index is 0.100. The Balaban J connectivity index is 2.01. The highest BCUT2D eigenvalue weighted by Crippen LogP contribution is 2.68. The number of amides is 1. The molecule has 0 atom stereocenters. The van der Waals surface area contributed by atoms with Crippen molar-refractivity contribution in [2.24, 2.45) is 16.7 Å². The molecule has 0 unspecified atom stereocenters. The topological polar surface area (TPSA) is 37.4 Å². The first kappa shape index (κ1) is 13.6. The van der Waals surface area contributed by atoms with E-state index in [4.69, 9.17) is 0 Å². The summed E-state index contributed by atoms with van der Waals surface area (Å²) in [5.74, 6) is 0.746. The van der Waals surface area contributed by atoms with Crippen LogP contribution in [0.25, 0.3) is 0 Å². The molecule has 0 radical (unpaired) electrons. The van der Waals surface area contributed by atoms with Crippen LogP contribution in [-0.2, 0) is 9.59 Å². The maximum atomic E-state index is 12.6. The molecule has 0 heterocycles. The van der Waals surface area contributed by atoms with E-state index < -0.39 is 0 Å². The third-order valence-corrected chi connectivity index (χ3v) is 5.68. The van der Waals surface area contributed by atoms with Crippen molar-refractivity contribution in [1.29, 1.82) is 0 Å². The Morgan fingerprint density at radius 2 is 1.56 bits per heavy atom. The molecule has 2 aliphatic rings. The van der Waals surface area contributed by atoms with Crippen LogP contribution in [0.4, 0.5) is 0 Å². The lowest BCUT2D eigenvalue weighted by Gasteiger charge is -2.31. The molecule has 0 aromatic heterocycles. The molecule has 18 heavy (non-hydrogen) atoms. The Bertz CT molecular complexity index is 360. The van der Waals surface area contributed by atoms with Gasteiger partial charge in [0.05, 0.1) is 0 Å². The van der Waals surface area contributed by atoms with E-state index in [9.17, 15) is 9.59 Å². The Labute approximate surface area is 110 Å². The molecule has 0 spiro atoms. The van der Waals surface area contributed by atoms with Gasteiger partial charge in [-0.3, -0.25) is 9.59 Å². The Hall–Kier alpha value is -0.860. The van der Waals surface area contributed by atoms with Crippen LogP contribution >= 0.6 is 0 Å². The molecule has 2 rings (SSSR count). The molecular weight excluding hydrogens is 226 g/mol. The molecule has 102 valence electrons. The van der Waals surface area contributed by atoms with E-state index in [0.29, 0.717) is 18.6 Å². The van der Waals surface area contributed by atoms with Crippen LogP contribution in [0.5, 0.6) is 0 Å². The Morgan fingerprint density at radius 3 is 1.94 bits per heavy atom. The molecule has 0 saturated heterocycles. The lowest BCUT2D eigenvalue weighted by molar-refractivity contribution is -0.136. The van der Waals surface area contributed by atoms with Crippen LogP contribution in [0.2, 0.25) is 0 Å². The summed E-state index contributed by atoms with van der Waals surface area (Å²) in [6.45, 7) is 8.70. The SMILES string of the molecule is CN(C(=O)C1C(C)(C)C1(C)C)C1CCC(=O)CC1. The van der Waals surface area contributed by atoms with Gasteiger partial charge in [0.1, 0.15) is 5.78 Å². The average Bonchev–Trinajstić information content (AvgIpc) is 2.69. The quantitative estimate of drug-likeness (QED) is 0.756. The molecular formula is C15H25NO2. The largest absolute Gasteiger partial charge is 0.342 e. The molecule has 0 bridgehead atoms. The number of nitrogens with zero attached hydrogens (tertiary/aromatic N) is 1. The first-order chi connectivity index (χ1) is 8.19. The van der Waals surface area contributed by atoms with E-state index in [1.807, 2.05) is 11.9 Å². The molecule has 0 aliphatic heterocycles. The van der Waals surface area contributed by atoms with Crippen LogP contribution in [0, 0.1) is 16.7 Å². The smallest absolute Gasteiger partial charge is 0.226 e. The van der Waals surface area contributed by atoms with Crippen LogP contribution in [0.3, 0.4) is 0 Å². The molecule has 3 heteroatoms. The summed E-state index contributed by atoms with van der Waals surface area (Å²) in [5.41, 5.74) is 0.200. The van der Waals surface area contributed by atoms with Crippen molar-refractivity contribution in [2.75, 3.05) is 7.05 Å². The highest BCUT2D eigenvalue weighted by molar-refractivity contribution is 5.85. The zero-order valence-electron chi connectivity index (χ0n) is 12.2. The standard InChI is InChI=1S/C15H25NO2/c1-14(2)12(15(14,3)4)13(18)16(5)10-6-8-11(17)9-7-10/h10,12H,6-9H2,1-5H3. The minimum Gasteiger partial charge on any atom is -0.342 e. The fourth-order valence-corrected chi connectivity index (χ4v) is 3.51. The maximum Gasteiger partial charge on any atom is 0.226 e. The van der Waals surface area contributed by atoms with Crippen molar-refractivity contribution in [3.05, 3.63) is 0 Å². The second-order valence-corrected chi connectivity index (χ2v) is 7.10. The number of hydrogen-bond acceptors (Lipinski definition) is 2. The van der Waals surface area contributed by atoms with E-state index in [1.54, 1.807) is 0 Å². The number of ketones is 1. The maximum absolute atomic E-state index is 12.6. The third kappa shape index (κ3) is 1.88. The predicted octanol–water partition coefficient (Wildman–Crippen LogP) is 2.64. The molecule has 0 aromatic rings. The van der Waals surface area contributed by atoms with Crippen molar-refractivity contribution in [2.45, 2.75) is 59.4 Å². The molecule has 0 aromatic carbocycles. The van der Waals surface area contributed by atoms with Gasteiger partial charge >= 0.3 is 0 Å². The van der Waals surface area contributed by atoms with Crippen molar-refractivity contribution in [3.63, 3.8) is 0 Å². The summed E-state index contributed by atoms with van der Waals surface area (Å²) in [4.78, 5) is 25.7. The summed E-state index contributed by atoms with van der Waals surface area (Å²) in [6, 6.07) is 0.266. The van der Waals surface area contributed by atoms with E-state index >= 15 is 0 Å². The number of hydrogen-bond donors (Lipinski definition) is 0. The monoisotopic (exact) mass is 251 g/mol. The van der Waals surface area contributed by atoms with Gasteiger partial charge in [0.2, 0.25) is 5.91 Å². The van der Waals surface area contributed by atoms with Gasteiger partial charge in [-0.05, 0) is 23.7 Å². The number of carbonyl (C=O) groups excluding carboxylic acids is 2. The highest BCUT2D eigenvalue weighted by atomic mass is 16.2. The van der Waals surface area contributed by atoms with Gasteiger partial charge in [0, 0.05) is 31.8 Å². The highest BCUT2D eigenvalue weighted by Gasteiger charge is 2.68. The predicted molar refractivity (Wildman–Crippen MR) is 71.1 cm³/mol. The van der Waals surface area contributed by atoms with Gasteiger partial charge in [-0.15, -0.1) is 0 Å². The molecule has 3 nitrogen and oxygen atoms in total. The molecule has 1 amide bonds. The Morgan fingerprint density at radius 1 is 1.11 bits per heavy atom. The van der Waals surface area contributed by atoms with Crippen molar-refractivity contribution >= 4 is 11.7 Å². The van der Waals surface area contributed by atoms with Gasteiger partial charge in [-0.1, -0.05) is 27.7 Å². The molecule has 2 saturated carbocycles. The summed E-state index contributed by atoms with van der Waals surface area (Å²) < 4.78 is 0. The molecule has 2 fully saturated rings. The summed E-state index contributed by atoms with van der Waals surface area (Å²) >= 11 is 0. The van der Waals surface area contributed by atoms with E-state index in [0.717, 1.165) is 12.8 Å². The molecule has 0 N–H and O–H groups in total. The lowest BCUT2D eigenvalue weighted by atomic mass is 9.93. The van der Waals surface area contributed by atoms with Crippen molar-refractivity contribution in [3.8, 4) is 0 Å². The zero-order chi connectivity index (χ0) is 13.7. The van der Waals surface area contributed by atoms with Gasteiger partial charge in [-0.25, -0.2) is 0 Å². The first-order valence-corrected chi connectivity index (χ1v) is 6.98. The lowest BCUT2D eigenvalue weighted by Crippen LogP contribution is -2.41. The minimum absolute atomic E-state index is 0.100. The third-order valence-electron chi connectivity index (χ3n) is 5.68. The van der Waals surface area contributed by atoms with Crippen LogP contribution < -0.4 is 0 Å². The van der Waals surface area contributed by atoms with E-state index in [1.165, 1.54) is 0 Å². The van der Waals surface area contributed by atoms with Crippen LogP contribution in [-0.4, -0.2) is 29.7 Å². The normalized spacial score (nSPS) is 27.1. The van der Waals surface area contributed by atoms with Crippen molar-refractivity contribution < 1.29 is 9.59 Å². The second-order valence-electron chi connectivity index (χ2n) is 7.10. The number of rotatable bonds is 2. The number of carbonyl (C=O) groups is 2. The van der Waals surface area contributed by atoms with E-state index in [2.05, 4.69) is 27.7 Å². The van der Waals surface area contributed by atoms with Gasteiger partial charge in [0.15, 0.2) is 0 Å². The summed E-state index contributed by atoms with van der Waals surface area (Å²) in [6.07, 6.45) is 2.96. The fraction of sp³-hybridized carbons (Fsp3) is 0.867. The summed E-state index contributed by atoms with van der Waals surface area (Å²) in [5, 5.41) is 0. The van der Waals surface area contributed by atoms with Gasteiger partial charge in [-0.2, -0.15) is 0 Å². The van der Waals surface area contributed by atoms with Crippen LogP contribution in [0.1, 0.15) is 53.4 Å². The van der Waals surface area contributed by atoms with Crippen molar-refractivity contribution in [1.82, 2.24) is 4.90 Å². The fourth-order valence-electron chi connectivity index (χ4n) is 3.51. The second kappa shape index (κ2) is 4.07. The first-order valence-electron chi connectivity index (χ1n) is 6.98. The van der Waals surface area contributed by atoms with Gasteiger partial charge in [0.25, 0.3) is 0 Å². The van der Waals surface area contributed by atoms with Gasteiger partial charge < -0.3 is 4.90 Å². The molecule has 2 aliphatic carbocycles.